The first-order valence-electron chi connectivity index (χ1n) is 11.8. The molecule has 188 valence electrons. The zero-order valence-corrected chi connectivity index (χ0v) is 20.6. The molecule has 1 aliphatic heterocycles. The van der Waals surface area contributed by atoms with Crippen molar-refractivity contribution in [3.63, 3.8) is 0 Å². The highest BCUT2D eigenvalue weighted by molar-refractivity contribution is 7.89. The third kappa shape index (κ3) is 5.81. The fourth-order valence-electron chi connectivity index (χ4n) is 4.67. The Morgan fingerprint density at radius 1 is 0.917 bits per heavy atom. The molecule has 0 unspecified atom stereocenters. The van der Waals surface area contributed by atoms with Crippen molar-refractivity contribution < 1.29 is 18.0 Å². The summed E-state index contributed by atoms with van der Waals surface area (Å²) in [6.45, 7) is 0.662. The number of hydrogen-bond acceptors (Lipinski definition) is 5. The molecule has 3 aromatic rings. The Labute approximate surface area is 211 Å². The standard InChI is InChI=1S/C27H30N4O4S/c28-25(24(20-8-3-1-4-9-20)21-10-5-2-6-11-21)27(33)31-17-7-12-23(31)26(32)30-18-19-13-15-22(16-14-19)36(29,34)35/h1-6,8-11,13-16,23-25H,7,12,17-18,28H2,(H,30,32)(H2,29,34,35)/t23-,25+/m0/s1. The smallest absolute Gasteiger partial charge is 0.243 e. The van der Waals surface area contributed by atoms with Crippen LogP contribution < -0.4 is 16.2 Å². The van der Waals surface area contributed by atoms with Crippen molar-refractivity contribution in [3.05, 3.63) is 102 Å². The van der Waals surface area contributed by atoms with Crippen molar-refractivity contribution >= 4 is 21.8 Å². The van der Waals surface area contributed by atoms with Crippen LogP contribution >= 0.6 is 0 Å². The zero-order valence-electron chi connectivity index (χ0n) is 19.8. The van der Waals surface area contributed by atoms with Crippen molar-refractivity contribution in [2.45, 2.75) is 42.3 Å². The van der Waals surface area contributed by atoms with E-state index in [0.29, 0.717) is 19.4 Å². The lowest BCUT2D eigenvalue weighted by Gasteiger charge is -2.31. The van der Waals surface area contributed by atoms with E-state index in [-0.39, 0.29) is 29.2 Å². The molecule has 8 nitrogen and oxygen atoms in total. The maximum atomic E-state index is 13.6. The molecule has 36 heavy (non-hydrogen) atoms. The molecule has 0 aliphatic carbocycles. The normalized spacial score (nSPS) is 16.6. The first kappa shape index (κ1) is 25.6. The lowest BCUT2D eigenvalue weighted by molar-refractivity contribution is -0.139. The average Bonchev–Trinajstić information content (AvgIpc) is 3.38. The molecule has 1 aliphatic rings. The van der Waals surface area contributed by atoms with Gasteiger partial charge in [-0.2, -0.15) is 0 Å². The molecule has 1 saturated heterocycles. The number of amides is 2. The van der Waals surface area contributed by atoms with Gasteiger partial charge in [0.15, 0.2) is 0 Å². The number of carbonyl (C=O) groups excluding carboxylic acids is 2. The highest BCUT2D eigenvalue weighted by Gasteiger charge is 2.39. The summed E-state index contributed by atoms with van der Waals surface area (Å²) < 4.78 is 22.9. The van der Waals surface area contributed by atoms with Crippen LogP contribution in [0, 0.1) is 0 Å². The largest absolute Gasteiger partial charge is 0.350 e. The molecule has 0 spiro atoms. The van der Waals surface area contributed by atoms with E-state index in [1.165, 1.54) is 12.1 Å². The zero-order chi connectivity index (χ0) is 25.7. The van der Waals surface area contributed by atoms with E-state index in [2.05, 4.69) is 5.32 Å². The van der Waals surface area contributed by atoms with E-state index < -0.39 is 22.1 Å². The molecule has 5 N–H and O–H groups in total. The molecule has 2 amide bonds. The average molecular weight is 507 g/mol. The number of nitrogens with two attached hydrogens (primary N) is 2. The Morgan fingerprint density at radius 2 is 1.47 bits per heavy atom. The van der Waals surface area contributed by atoms with Gasteiger partial charge >= 0.3 is 0 Å². The first-order chi connectivity index (χ1) is 17.3. The van der Waals surface area contributed by atoms with Gasteiger partial charge in [-0.1, -0.05) is 72.8 Å². The van der Waals surface area contributed by atoms with E-state index in [9.17, 15) is 18.0 Å². The molecular weight excluding hydrogens is 476 g/mol. The van der Waals surface area contributed by atoms with E-state index in [0.717, 1.165) is 16.7 Å². The number of carbonyl (C=O) groups is 2. The van der Waals surface area contributed by atoms with Gasteiger partial charge in [-0.3, -0.25) is 9.59 Å². The van der Waals surface area contributed by atoms with Crippen LogP contribution in [0.2, 0.25) is 0 Å². The lowest BCUT2D eigenvalue weighted by atomic mass is 9.84. The molecule has 0 saturated carbocycles. The van der Waals surface area contributed by atoms with Crippen molar-refractivity contribution in [1.29, 1.82) is 0 Å². The lowest BCUT2D eigenvalue weighted by Crippen LogP contribution is -2.52. The molecule has 2 atom stereocenters. The van der Waals surface area contributed by atoms with Gasteiger partial charge in [0.25, 0.3) is 0 Å². The Bertz CT molecular complexity index is 1260. The second-order valence-corrected chi connectivity index (χ2v) is 10.5. The van der Waals surface area contributed by atoms with Crippen LogP contribution in [0.25, 0.3) is 0 Å². The summed E-state index contributed by atoms with van der Waals surface area (Å²) >= 11 is 0. The summed E-state index contributed by atoms with van der Waals surface area (Å²) in [5, 5.41) is 7.99. The van der Waals surface area contributed by atoms with Crippen molar-refractivity contribution in [2.24, 2.45) is 10.9 Å². The van der Waals surface area contributed by atoms with E-state index in [1.807, 2.05) is 60.7 Å². The van der Waals surface area contributed by atoms with Crippen LogP contribution in [0.15, 0.2) is 89.8 Å². The number of sulfonamides is 1. The minimum absolute atomic E-state index is 0.00511. The minimum atomic E-state index is -3.78. The van der Waals surface area contributed by atoms with Gasteiger partial charge < -0.3 is 16.0 Å². The number of likely N-dealkylation sites (tertiary alicyclic amines) is 1. The summed E-state index contributed by atoms with van der Waals surface area (Å²) in [5.41, 5.74) is 9.19. The highest BCUT2D eigenvalue weighted by Crippen LogP contribution is 2.30. The van der Waals surface area contributed by atoms with Crippen LogP contribution in [-0.4, -0.2) is 43.8 Å². The number of benzene rings is 3. The number of rotatable bonds is 8. The summed E-state index contributed by atoms with van der Waals surface area (Å²) in [4.78, 5) is 28.2. The van der Waals surface area contributed by atoms with Crippen LogP contribution in [0.4, 0.5) is 0 Å². The Kier molecular flexibility index (Phi) is 7.83. The van der Waals surface area contributed by atoms with Crippen LogP contribution in [-0.2, 0) is 26.2 Å². The van der Waals surface area contributed by atoms with Crippen LogP contribution in [0.3, 0.4) is 0 Å². The van der Waals surface area contributed by atoms with Gasteiger partial charge in [0.05, 0.1) is 10.9 Å². The summed E-state index contributed by atoms with van der Waals surface area (Å²) in [6.07, 6.45) is 1.26. The summed E-state index contributed by atoms with van der Waals surface area (Å²) in [5.74, 6) is -0.871. The maximum absolute atomic E-state index is 13.6. The Hall–Kier alpha value is -3.53. The van der Waals surface area contributed by atoms with Gasteiger partial charge in [-0.25, -0.2) is 13.6 Å². The molecule has 1 fully saturated rings. The fourth-order valence-corrected chi connectivity index (χ4v) is 5.18. The molecule has 0 radical (unpaired) electrons. The topological polar surface area (TPSA) is 136 Å². The van der Waals surface area contributed by atoms with Crippen molar-refractivity contribution in [3.8, 4) is 0 Å². The Balaban J connectivity index is 1.47. The quantitative estimate of drug-likeness (QED) is 0.430. The summed E-state index contributed by atoms with van der Waals surface area (Å²) in [6, 6.07) is 23.9. The molecule has 0 aromatic heterocycles. The van der Waals surface area contributed by atoms with E-state index >= 15 is 0 Å². The number of nitrogens with zero attached hydrogens (tertiary/aromatic N) is 1. The van der Waals surface area contributed by atoms with Crippen molar-refractivity contribution in [2.75, 3.05) is 6.54 Å². The van der Waals surface area contributed by atoms with Gasteiger partial charge in [0.1, 0.15) is 6.04 Å². The monoisotopic (exact) mass is 506 g/mol. The third-order valence-electron chi connectivity index (χ3n) is 6.52. The minimum Gasteiger partial charge on any atom is -0.350 e. The third-order valence-corrected chi connectivity index (χ3v) is 7.45. The number of nitrogens with one attached hydrogen (secondary N) is 1. The molecule has 1 heterocycles. The van der Waals surface area contributed by atoms with Crippen molar-refractivity contribution in [1.82, 2.24) is 10.2 Å². The second kappa shape index (κ2) is 11.0. The first-order valence-corrected chi connectivity index (χ1v) is 13.4. The predicted octanol–water partition coefficient (Wildman–Crippen LogP) is 2.10. The molecule has 3 aromatic carbocycles. The van der Waals surface area contributed by atoms with E-state index in [4.69, 9.17) is 10.9 Å². The van der Waals surface area contributed by atoms with E-state index in [1.54, 1.807) is 17.0 Å². The van der Waals surface area contributed by atoms with Gasteiger partial charge in [-0.05, 0) is 41.7 Å². The van der Waals surface area contributed by atoms with Gasteiger partial charge in [-0.15, -0.1) is 0 Å². The predicted molar refractivity (Wildman–Crippen MR) is 137 cm³/mol. The Morgan fingerprint density at radius 3 is 2.00 bits per heavy atom. The van der Waals surface area contributed by atoms with Crippen LogP contribution in [0.1, 0.15) is 35.4 Å². The fraction of sp³-hybridized carbons (Fsp3) is 0.259. The number of primary sulfonamides is 1. The van der Waals surface area contributed by atoms with Gasteiger partial charge in [0.2, 0.25) is 21.8 Å². The maximum Gasteiger partial charge on any atom is 0.243 e. The summed E-state index contributed by atoms with van der Waals surface area (Å²) in [7, 11) is -3.78. The van der Waals surface area contributed by atoms with Crippen LogP contribution in [0.5, 0.6) is 0 Å². The highest BCUT2D eigenvalue weighted by atomic mass is 32.2. The second-order valence-electron chi connectivity index (χ2n) is 8.92. The molecule has 0 bridgehead atoms. The number of hydrogen-bond donors (Lipinski definition) is 3. The molecule has 9 heteroatoms. The SMILES string of the molecule is N[C@@H](C(=O)N1CCC[C@H]1C(=O)NCc1ccc(S(N)(=O)=O)cc1)C(c1ccccc1)c1ccccc1. The molecule has 4 rings (SSSR count). The molecular formula is C27H30N4O4S. The van der Waals surface area contributed by atoms with Gasteiger partial charge in [0, 0.05) is 19.0 Å².